The number of nitrogens with one attached hydrogen (secondary N) is 1. The largest absolute Gasteiger partial charge is 0.354 e. The summed E-state index contributed by atoms with van der Waals surface area (Å²) in [6, 6.07) is 10.5. The van der Waals surface area contributed by atoms with Crippen molar-refractivity contribution in [2.45, 2.75) is 13.0 Å². The smallest absolute Gasteiger partial charge is 0.224 e. The van der Waals surface area contributed by atoms with Crippen molar-refractivity contribution in [3.63, 3.8) is 0 Å². The van der Waals surface area contributed by atoms with Crippen LogP contribution in [0, 0.1) is 0 Å². The first-order chi connectivity index (χ1) is 11.8. The highest BCUT2D eigenvalue weighted by Gasteiger charge is 2.17. The van der Waals surface area contributed by atoms with Crippen molar-refractivity contribution in [2.24, 2.45) is 0 Å². The predicted octanol–water partition coefficient (Wildman–Crippen LogP) is 1.86. The average molecular weight is 382 g/mol. The number of hydrogen-bond donors (Lipinski definition) is 1. The second-order valence-corrected chi connectivity index (χ2v) is 8.02. The van der Waals surface area contributed by atoms with Crippen LogP contribution in [0.15, 0.2) is 48.8 Å². The zero-order chi connectivity index (χ0) is 18.3. The molecule has 1 aromatic heterocycles. The van der Waals surface area contributed by atoms with Gasteiger partial charge in [-0.25, -0.2) is 8.42 Å². The minimum absolute atomic E-state index is 0.167. The number of rotatable bonds is 8. The van der Waals surface area contributed by atoms with Crippen molar-refractivity contribution in [1.29, 1.82) is 0 Å². The molecule has 0 aliphatic heterocycles. The van der Waals surface area contributed by atoms with Crippen molar-refractivity contribution in [2.75, 3.05) is 19.3 Å². The summed E-state index contributed by atoms with van der Waals surface area (Å²) in [5, 5.41) is 3.36. The van der Waals surface area contributed by atoms with Crippen LogP contribution < -0.4 is 5.32 Å². The molecule has 6 nitrogen and oxygen atoms in total. The van der Waals surface area contributed by atoms with Gasteiger partial charge in [-0.3, -0.25) is 9.78 Å². The Bertz CT molecular complexity index is 796. The first-order valence-corrected chi connectivity index (χ1v) is 9.92. The molecule has 1 aromatic carbocycles. The van der Waals surface area contributed by atoms with Crippen LogP contribution in [-0.4, -0.2) is 43.0 Å². The van der Waals surface area contributed by atoms with E-state index in [9.17, 15) is 13.2 Å². The molecule has 8 heteroatoms. The summed E-state index contributed by atoms with van der Waals surface area (Å²) in [7, 11) is -3.38. The molecule has 2 rings (SSSR count). The molecule has 0 saturated heterocycles. The Hall–Kier alpha value is -1.96. The lowest BCUT2D eigenvalue weighted by atomic mass is 10.1. The Morgan fingerprint density at radius 1 is 1.12 bits per heavy atom. The molecule has 0 aliphatic carbocycles. The molecule has 0 radical (unpaired) electrons. The average Bonchev–Trinajstić information content (AvgIpc) is 2.56. The fourth-order valence-electron chi connectivity index (χ4n) is 2.22. The minimum atomic E-state index is -3.38. The van der Waals surface area contributed by atoms with Crippen LogP contribution in [0.25, 0.3) is 0 Å². The fourth-order valence-corrected chi connectivity index (χ4v) is 3.16. The molecule has 2 aromatic rings. The lowest BCUT2D eigenvalue weighted by Crippen LogP contribution is -2.38. The summed E-state index contributed by atoms with van der Waals surface area (Å²) in [5.41, 5.74) is 1.69. The van der Waals surface area contributed by atoms with E-state index in [-0.39, 0.29) is 32.0 Å². The monoisotopic (exact) mass is 381 g/mol. The summed E-state index contributed by atoms with van der Waals surface area (Å²) < 4.78 is 25.2. The Morgan fingerprint density at radius 3 is 2.36 bits per heavy atom. The minimum Gasteiger partial charge on any atom is -0.354 e. The lowest BCUT2D eigenvalue weighted by Gasteiger charge is -2.20. The van der Waals surface area contributed by atoms with E-state index < -0.39 is 10.0 Å². The number of benzene rings is 1. The van der Waals surface area contributed by atoms with Crippen LogP contribution in [0.1, 0.15) is 11.1 Å². The maximum absolute atomic E-state index is 12.0. The summed E-state index contributed by atoms with van der Waals surface area (Å²) >= 11 is 5.81. The van der Waals surface area contributed by atoms with E-state index in [4.69, 9.17) is 11.6 Å². The van der Waals surface area contributed by atoms with Crippen molar-refractivity contribution >= 4 is 27.5 Å². The van der Waals surface area contributed by atoms with Crippen molar-refractivity contribution < 1.29 is 13.2 Å². The quantitative estimate of drug-likeness (QED) is 0.756. The molecule has 134 valence electrons. The molecule has 1 heterocycles. The summed E-state index contributed by atoms with van der Waals surface area (Å²) in [6.45, 7) is 0.687. The van der Waals surface area contributed by atoms with E-state index in [1.807, 2.05) is 0 Å². The SMILES string of the molecule is CS(=O)(=O)N(CCNC(=O)Cc1ccc(Cl)cc1)Cc1ccncc1. The number of carbonyl (C=O) groups excluding carboxylic acids is 1. The van der Waals surface area contributed by atoms with Crippen molar-refractivity contribution in [1.82, 2.24) is 14.6 Å². The summed E-state index contributed by atoms with van der Waals surface area (Å²) in [6.07, 6.45) is 4.61. The third-order valence-electron chi connectivity index (χ3n) is 3.54. The standard InChI is InChI=1S/C17H20ClN3O3S/c1-25(23,24)21(13-15-6-8-19-9-7-15)11-10-20-17(22)12-14-2-4-16(18)5-3-14/h2-9H,10-13H2,1H3,(H,20,22). The number of pyridine rings is 1. The number of hydrogen-bond acceptors (Lipinski definition) is 4. The molecular formula is C17H20ClN3O3S. The Labute approximate surface area is 152 Å². The van der Waals surface area contributed by atoms with Gasteiger partial charge in [0.2, 0.25) is 15.9 Å². The Kier molecular flexibility index (Phi) is 6.92. The van der Waals surface area contributed by atoms with Crippen molar-refractivity contribution in [3.8, 4) is 0 Å². The van der Waals surface area contributed by atoms with E-state index in [0.717, 1.165) is 17.4 Å². The van der Waals surface area contributed by atoms with E-state index in [1.54, 1.807) is 48.8 Å². The molecule has 0 spiro atoms. The molecule has 0 atom stereocenters. The number of halogens is 1. The van der Waals surface area contributed by atoms with E-state index in [0.29, 0.717) is 5.02 Å². The van der Waals surface area contributed by atoms with Gasteiger partial charge < -0.3 is 5.32 Å². The van der Waals surface area contributed by atoms with Gasteiger partial charge in [0.05, 0.1) is 12.7 Å². The number of nitrogens with zero attached hydrogens (tertiary/aromatic N) is 2. The van der Waals surface area contributed by atoms with Crippen LogP contribution in [-0.2, 0) is 27.8 Å². The molecular weight excluding hydrogens is 362 g/mol. The third-order valence-corrected chi connectivity index (χ3v) is 5.04. The van der Waals surface area contributed by atoms with Crippen LogP contribution >= 0.6 is 11.6 Å². The molecule has 1 amide bonds. The Morgan fingerprint density at radius 2 is 1.76 bits per heavy atom. The first kappa shape index (κ1) is 19.4. The number of amides is 1. The van der Waals surface area contributed by atoms with Gasteiger partial charge in [-0.1, -0.05) is 23.7 Å². The van der Waals surface area contributed by atoms with Gasteiger partial charge in [-0.15, -0.1) is 0 Å². The first-order valence-electron chi connectivity index (χ1n) is 7.70. The summed E-state index contributed by atoms with van der Waals surface area (Å²) in [5.74, 6) is -0.167. The van der Waals surface area contributed by atoms with Crippen LogP contribution in [0.4, 0.5) is 0 Å². The zero-order valence-corrected chi connectivity index (χ0v) is 15.4. The second kappa shape index (κ2) is 8.94. The molecule has 25 heavy (non-hydrogen) atoms. The topological polar surface area (TPSA) is 79.4 Å². The summed E-state index contributed by atoms with van der Waals surface area (Å²) in [4.78, 5) is 15.9. The van der Waals surface area contributed by atoms with Gasteiger partial charge in [0.1, 0.15) is 0 Å². The lowest BCUT2D eigenvalue weighted by molar-refractivity contribution is -0.120. The van der Waals surface area contributed by atoms with Crippen LogP contribution in [0.2, 0.25) is 5.02 Å². The Balaban J connectivity index is 1.86. The highest BCUT2D eigenvalue weighted by Crippen LogP contribution is 2.10. The van der Waals surface area contributed by atoms with Crippen LogP contribution in [0.5, 0.6) is 0 Å². The van der Waals surface area contributed by atoms with E-state index in [2.05, 4.69) is 10.3 Å². The molecule has 0 bridgehead atoms. The highest BCUT2D eigenvalue weighted by molar-refractivity contribution is 7.88. The van der Waals surface area contributed by atoms with Gasteiger partial charge in [0, 0.05) is 37.1 Å². The van der Waals surface area contributed by atoms with Gasteiger partial charge in [-0.05, 0) is 35.4 Å². The number of aromatic nitrogens is 1. The zero-order valence-electron chi connectivity index (χ0n) is 13.9. The van der Waals surface area contributed by atoms with Gasteiger partial charge in [0.25, 0.3) is 0 Å². The van der Waals surface area contributed by atoms with Crippen LogP contribution in [0.3, 0.4) is 0 Å². The van der Waals surface area contributed by atoms with Crippen molar-refractivity contribution in [3.05, 3.63) is 64.9 Å². The van der Waals surface area contributed by atoms with Gasteiger partial charge in [0.15, 0.2) is 0 Å². The highest BCUT2D eigenvalue weighted by atomic mass is 35.5. The fraction of sp³-hybridized carbons (Fsp3) is 0.294. The molecule has 0 aliphatic rings. The predicted molar refractivity (Wildman–Crippen MR) is 97.7 cm³/mol. The molecule has 0 unspecified atom stereocenters. The third kappa shape index (κ3) is 6.81. The molecule has 1 N–H and O–H groups in total. The van der Waals surface area contributed by atoms with E-state index in [1.165, 1.54) is 4.31 Å². The molecule has 0 saturated carbocycles. The molecule has 0 fully saturated rings. The maximum Gasteiger partial charge on any atom is 0.224 e. The van der Waals surface area contributed by atoms with Gasteiger partial charge in [-0.2, -0.15) is 4.31 Å². The van der Waals surface area contributed by atoms with E-state index >= 15 is 0 Å². The number of sulfonamides is 1. The van der Waals surface area contributed by atoms with Gasteiger partial charge >= 0.3 is 0 Å². The normalized spacial score (nSPS) is 11.5. The second-order valence-electron chi connectivity index (χ2n) is 5.61. The maximum atomic E-state index is 12.0. The number of carbonyl (C=O) groups is 1.